The van der Waals surface area contributed by atoms with Crippen LogP contribution in [0.1, 0.15) is 12.0 Å². The molecule has 134 valence electrons. The van der Waals surface area contributed by atoms with Gasteiger partial charge in [-0.1, -0.05) is 29.8 Å². The first-order chi connectivity index (χ1) is 12.4. The van der Waals surface area contributed by atoms with Gasteiger partial charge >= 0.3 is 0 Å². The van der Waals surface area contributed by atoms with E-state index in [1.54, 1.807) is 37.3 Å². The maximum atomic E-state index is 12.5. The number of amides is 2. The number of anilines is 2. The van der Waals surface area contributed by atoms with Crippen molar-refractivity contribution in [2.45, 2.75) is 13.3 Å². The van der Waals surface area contributed by atoms with E-state index < -0.39 is 16.7 Å². The summed E-state index contributed by atoms with van der Waals surface area (Å²) in [6, 6.07) is 11.5. The standard InChI is InChI=1S/C18H16ClN3O4/c1-11-6-7-14(16(8-11)22(25)26)20-18(24)12-9-17(23)21(10-12)15-5-3-2-4-13(15)19/h2-8,12H,9-10H2,1H3,(H,20,24). The number of carbonyl (C=O) groups is 2. The average molecular weight is 374 g/mol. The summed E-state index contributed by atoms with van der Waals surface area (Å²) in [7, 11) is 0. The normalized spacial score (nSPS) is 16.6. The first-order valence-electron chi connectivity index (χ1n) is 7.97. The monoisotopic (exact) mass is 373 g/mol. The average Bonchev–Trinajstić information content (AvgIpc) is 2.98. The molecular formula is C18H16ClN3O4. The van der Waals surface area contributed by atoms with Gasteiger partial charge in [0.05, 0.1) is 21.6 Å². The lowest BCUT2D eigenvalue weighted by atomic mass is 10.1. The Morgan fingerprint density at radius 1 is 1.31 bits per heavy atom. The number of nitro benzene ring substituents is 1. The number of hydrogen-bond donors (Lipinski definition) is 1. The van der Waals surface area contributed by atoms with Gasteiger partial charge in [-0.3, -0.25) is 19.7 Å². The number of halogens is 1. The minimum Gasteiger partial charge on any atom is -0.320 e. The zero-order valence-electron chi connectivity index (χ0n) is 13.9. The largest absolute Gasteiger partial charge is 0.320 e. The number of carbonyl (C=O) groups excluding carboxylic acids is 2. The topological polar surface area (TPSA) is 92.6 Å². The summed E-state index contributed by atoms with van der Waals surface area (Å²) in [6.07, 6.45) is 0.0245. The lowest BCUT2D eigenvalue weighted by Gasteiger charge is -2.18. The van der Waals surface area contributed by atoms with E-state index >= 15 is 0 Å². The van der Waals surface area contributed by atoms with Gasteiger partial charge in [-0.15, -0.1) is 0 Å². The fourth-order valence-corrected chi connectivity index (χ4v) is 3.16. The Kier molecular flexibility index (Phi) is 4.90. The molecule has 2 amide bonds. The molecule has 1 N–H and O–H groups in total. The van der Waals surface area contributed by atoms with Crippen LogP contribution in [0.15, 0.2) is 42.5 Å². The van der Waals surface area contributed by atoms with Crippen LogP contribution in [0.25, 0.3) is 0 Å². The summed E-state index contributed by atoms with van der Waals surface area (Å²) in [4.78, 5) is 36.9. The second-order valence-electron chi connectivity index (χ2n) is 6.12. The smallest absolute Gasteiger partial charge is 0.293 e. The van der Waals surface area contributed by atoms with E-state index in [1.807, 2.05) is 0 Å². The van der Waals surface area contributed by atoms with Gasteiger partial charge in [-0.2, -0.15) is 0 Å². The highest BCUT2D eigenvalue weighted by atomic mass is 35.5. The summed E-state index contributed by atoms with van der Waals surface area (Å²) < 4.78 is 0. The predicted molar refractivity (Wildman–Crippen MR) is 98.4 cm³/mol. The maximum Gasteiger partial charge on any atom is 0.293 e. The fourth-order valence-electron chi connectivity index (χ4n) is 2.92. The Balaban J connectivity index is 1.77. The van der Waals surface area contributed by atoms with Crippen molar-refractivity contribution in [3.05, 3.63) is 63.2 Å². The number of nitrogens with zero attached hydrogens (tertiary/aromatic N) is 2. The maximum absolute atomic E-state index is 12.5. The highest BCUT2D eigenvalue weighted by molar-refractivity contribution is 6.33. The molecule has 1 fully saturated rings. The molecule has 1 aliphatic heterocycles. The molecule has 26 heavy (non-hydrogen) atoms. The fraction of sp³-hybridized carbons (Fsp3) is 0.222. The van der Waals surface area contributed by atoms with Crippen LogP contribution in [0.5, 0.6) is 0 Å². The van der Waals surface area contributed by atoms with E-state index in [0.29, 0.717) is 10.7 Å². The summed E-state index contributed by atoms with van der Waals surface area (Å²) in [5.41, 5.74) is 1.21. The zero-order chi connectivity index (χ0) is 18.8. The van der Waals surface area contributed by atoms with Crippen molar-refractivity contribution in [1.29, 1.82) is 0 Å². The first-order valence-corrected chi connectivity index (χ1v) is 8.35. The zero-order valence-corrected chi connectivity index (χ0v) is 14.7. The molecule has 0 radical (unpaired) electrons. The molecule has 2 aromatic rings. The van der Waals surface area contributed by atoms with E-state index in [0.717, 1.165) is 5.56 Å². The lowest BCUT2D eigenvalue weighted by Crippen LogP contribution is -2.28. The first kappa shape index (κ1) is 17.9. The van der Waals surface area contributed by atoms with Crippen molar-refractivity contribution in [2.75, 3.05) is 16.8 Å². The molecule has 1 atom stereocenters. The number of para-hydroxylation sites is 1. The van der Waals surface area contributed by atoms with E-state index in [1.165, 1.54) is 17.0 Å². The second kappa shape index (κ2) is 7.13. The number of benzene rings is 2. The summed E-state index contributed by atoms with van der Waals surface area (Å²) in [6.45, 7) is 1.91. The Bertz CT molecular complexity index is 900. The Hall–Kier alpha value is -2.93. The molecule has 1 saturated heterocycles. The van der Waals surface area contributed by atoms with Crippen LogP contribution < -0.4 is 10.2 Å². The van der Waals surface area contributed by atoms with Gasteiger partial charge < -0.3 is 10.2 Å². The minimum absolute atomic E-state index is 0.0245. The summed E-state index contributed by atoms with van der Waals surface area (Å²) in [5, 5.41) is 14.2. The molecule has 1 unspecified atom stereocenters. The van der Waals surface area contributed by atoms with Crippen molar-refractivity contribution in [3.63, 3.8) is 0 Å². The quantitative estimate of drug-likeness (QED) is 0.655. The van der Waals surface area contributed by atoms with Crippen LogP contribution >= 0.6 is 11.6 Å². The highest BCUT2D eigenvalue weighted by Gasteiger charge is 2.36. The molecule has 0 saturated carbocycles. The van der Waals surface area contributed by atoms with E-state index in [9.17, 15) is 19.7 Å². The summed E-state index contributed by atoms with van der Waals surface area (Å²) >= 11 is 6.13. The molecule has 1 heterocycles. The van der Waals surface area contributed by atoms with Crippen LogP contribution in [0, 0.1) is 23.0 Å². The third-order valence-corrected chi connectivity index (χ3v) is 4.57. The van der Waals surface area contributed by atoms with Crippen molar-refractivity contribution < 1.29 is 14.5 Å². The van der Waals surface area contributed by atoms with E-state index in [-0.39, 0.29) is 30.2 Å². The van der Waals surface area contributed by atoms with Crippen molar-refractivity contribution in [1.82, 2.24) is 0 Å². The van der Waals surface area contributed by atoms with Gasteiger partial charge in [0.2, 0.25) is 11.8 Å². The van der Waals surface area contributed by atoms with Gasteiger partial charge in [0.15, 0.2) is 0 Å². The minimum atomic E-state index is -0.611. The van der Waals surface area contributed by atoms with E-state index in [2.05, 4.69) is 5.32 Å². The van der Waals surface area contributed by atoms with Gasteiger partial charge in [0, 0.05) is 19.0 Å². The van der Waals surface area contributed by atoms with Crippen molar-refractivity contribution in [3.8, 4) is 0 Å². The van der Waals surface area contributed by atoms with Gasteiger partial charge in [0.25, 0.3) is 5.69 Å². The molecule has 0 bridgehead atoms. The third-order valence-electron chi connectivity index (χ3n) is 4.25. The highest BCUT2D eigenvalue weighted by Crippen LogP contribution is 2.32. The molecule has 8 heteroatoms. The van der Waals surface area contributed by atoms with Gasteiger partial charge in [-0.25, -0.2) is 0 Å². The molecule has 0 spiro atoms. The molecule has 1 aliphatic rings. The number of aryl methyl sites for hydroxylation is 1. The number of nitro groups is 1. The Labute approximate surface area is 154 Å². The molecule has 2 aromatic carbocycles. The Morgan fingerprint density at radius 3 is 2.73 bits per heavy atom. The van der Waals surface area contributed by atoms with Gasteiger partial charge in [-0.05, 0) is 30.7 Å². The van der Waals surface area contributed by atoms with Gasteiger partial charge in [0.1, 0.15) is 5.69 Å². The molecule has 0 aromatic heterocycles. The van der Waals surface area contributed by atoms with Crippen molar-refractivity contribution in [2.24, 2.45) is 5.92 Å². The molecular weight excluding hydrogens is 358 g/mol. The summed E-state index contributed by atoms with van der Waals surface area (Å²) in [5.74, 6) is -1.25. The predicted octanol–water partition coefficient (Wildman–Crippen LogP) is 3.55. The SMILES string of the molecule is Cc1ccc(NC(=O)C2CC(=O)N(c3ccccc3Cl)C2)c([N+](=O)[O-])c1. The van der Waals surface area contributed by atoms with Crippen LogP contribution in [-0.4, -0.2) is 23.3 Å². The van der Waals surface area contributed by atoms with Crippen molar-refractivity contribution >= 4 is 40.5 Å². The second-order valence-corrected chi connectivity index (χ2v) is 6.53. The molecule has 3 rings (SSSR count). The number of rotatable bonds is 4. The molecule has 0 aliphatic carbocycles. The lowest BCUT2D eigenvalue weighted by molar-refractivity contribution is -0.384. The van der Waals surface area contributed by atoms with E-state index in [4.69, 9.17) is 11.6 Å². The van der Waals surface area contributed by atoms with Crippen LogP contribution in [-0.2, 0) is 9.59 Å². The Morgan fingerprint density at radius 2 is 2.04 bits per heavy atom. The van der Waals surface area contributed by atoms with Crippen LogP contribution in [0.3, 0.4) is 0 Å². The molecule has 7 nitrogen and oxygen atoms in total. The van der Waals surface area contributed by atoms with Crippen LogP contribution in [0.2, 0.25) is 5.02 Å². The number of hydrogen-bond acceptors (Lipinski definition) is 4. The van der Waals surface area contributed by atoms with Crippen LogP contribution in [0.4, 0.5) is 17.1 Å². The number of nitrogens with one attached hydrogen (secondary N) is 1. The third kappa shape index (κ3) is 3.52.